The normalized spacial score (nSPS) is 12.9. The standard InChI is InChI=1S/C23H30F3NO.C6H8O7.H2O/c1-4-27(5-2)16-10-11-18(3)28-22(19-12-7-6-8-13-19)20-14-9-15-21(17-20)23(24,25)26;7-3(8)1-6(13,5(11)12)2-4(9)10;/h6-9,12-15,17-18,22H,4-5,10-11,16H2,1-3H3;13H,1-2H2,(H,7,8)(H,9,10)(H,11,12);1H2. The maximum absolute atomic E-state index is 13.2. The number of halogens is 3. The van der Waals surface area contributed by atoms with Gasteiger partial charge in [0.25, 0.3) is 0 Å². The number of hydrogen-bond acceptors (Lipinski definition) is 6. The van der Waals surface area contributed by atoms with E-state index in [4.69, 9.17) is 25.2 Å². The Balaban J connectivity index is 0.00000102. The minimum atomic E-state index is -4.37. The first-order valence-corrected chi connectivity index (χ1v) is 13.1. The van der Waals surface area contributed by atoms with Gasteiger partial charge in [0.05, 0.1) is 24.5 Å². The number of carbonyl (C=O) groups is 3. The minimum absolute atomic E-state index is 0. The van der Waals surface area contributed by atoms with Crippen LogP contribution in [0.2, 0.25) is 0 Å². The van der Waals surface area contributed by atoms with Crippen LogP contribution < -0.4 is 0 Å². The molecule has 0 aromatic heterocycles. The molecular weight excluding hydrogens is 563 g/mol. The van der Waals surface area contributed by atoms with E-state index in [9.17, 15) is 27.6 Å². The lowest BCUT2D eigenvalue weighted by molar-refractivity contribution is -0.170. The van der Waals surface area contributed by atoms with Crippen molar-refractivity contribution in [3.63, 3.8) is 0 Å². The van der Waals surface area contributed by atoms with Crippen molar-refractivity contribution in [3.8, 4) is 0 Å². The molecule has 0 bridgehead atoms. The molecule has 2 unspecified atom stereocenters. The molecule has 0 fully saturated rings. The van der Waals surface area contributed by atoms with Crippen LogP contribution >= 0.6 is 0 Å². The Morgan fingerprint density at radius 1 is 0.881 bits per heavy atom. The largest absolute Gasteiger partial charge is 0.481 e. The molecule has 2 rings (SSSR count). The summed E-state index contributed by atoms with van der Waals surface area (Å²) in [6.07, 6.45) is -5.39. The lowest BCUT2D eigenvalue weighted by Crippen LogP contribution is -2.42. The van der Waals surface area contributed by atoms with Crippen LogP contribution in [-0.2, 0) is 25.3 Å². The third-order valence-corrected chi connectivity index (χ3v) is 6.25. The van der Waals surface area contributed by atoms with Crippen molar-refractivity contribution in [2.75, 3.05) is 19.6 Å². The number of ether oxygens (including phenoxy) is 1. The number of hydrogen-bond donors (Lipinski definition) is 4. The molecule has 13 heteroatoms. The molecule has 0 spiro atoms. The van der Waals surface area contributed by atoms with Crippen LogP contribution in [0.4, 0.5) is 13.2 Å². The molecule has 2 aromatic carbocycles. The Morgan fingerprint density at radius 2 is 1.40 bits per heavy atom. The minimum Gasteiger partial charge on any atom is -0.481 e. The van der Waals surface area contributed by atoms with Crippen molar-refractivity contribution >= 4 is 17.9 Å². The Morgan fingerprint density at radius 3 is 1.86 bits per heavy atom. The second-order valence-electron chi connectivity index (χ2n) is 9.51. The van der Waals surface area contributed by atoms with Gasteiger partial charge in [-0.25, -0.2) is 4.79 Å². The predicted octanol–water partition coefficient (Wildman–Crippen LogP) is 4.25. The van der Waals surface area contributed by atoms with Gasteiger partial charge in [0.1, 0.15) is 6.10 Å². The maximum atomic E-state index is 13.2. The summed E-state index contributed by atoms with van der Waals surface area (Å²) < 4.78 is 45.7. The van der Waals surface area contributed by atoms with Gasteiger partial charge in [0.15, 0.2) is 5.60 Å². The van der Waals surface area contributed by atoms with E-state index in [1.807, 2.05) is 37.3 Å². The van der Waals surface area contributed by atoms with Gasteiger partial charge in [-0.1, -0.05) is 56.3 Å². The number of aliphatic hydroxyl groups is 1. The molecule has 0 heterocycles. The van der Waals surface area contributed by atoms with Gasteiger partial charge in [-0.2, -0.15) is 13.2 Å². The monoisotopic (exact) mass is 603 g/mol. The van der Waals surface area contributed by atoms with E-state index in [2.05, 4.69) is 18.7 Å². The van der Waals surface area contributed by atoms with Crippen molar-refractivity contribution in [1.29, 1.82) is 0 Å². The molecular formula is C29H40F3NO9. The van der Waals surface area contributed by atoms with E-state index >= 15 is 0 Å². The Kier molecular flexibility index (Phi) is 16.6. The van der Waals surface area contributed by atoms with Crippen molar-refractivity contribution < 1.29 is 58.2 Å². The number of carboxylic acids is 3. The molecule has 10 nitrogen and oxygen atoms in total. The van der Waals surface area contributed by atoms with Crippen LogP contribution in [0.1, 0.15) is 69.2 Å². The fraction of sp³-hybridized carbons (Fsp3) is 0.483. The summed E-state index contributed by atoms with van der Waals surface area (Å²) in [6.45, 7) is 9.31. The SMILES string of the molecule is CCN(CC)CCCC(C)OC(c1ccccc1)c1cccc(C(F)(F)F)c1.O.O=C(O)CC(O)(CC(=O)O)C(=O)O. The molecule has 0 aliphatic carbocycles. The van der Waals surface area contributed by atoms with E-state index in [0.717, 1.165) is 44.1 Å². The van der Waals surface area contributed by atoms with Crippen LogP contribution in [-0.4, -0.2) is 80.0 Å². The van der Waals surface area contributed by atoms with Gasteiger partial charge in [-0.05, 0) is 62.7 Å². The number of aliphatic carboxylic acids is 3. The van der Waals surface area contributed by atoms with E-state index in [0.29, 0.717) is 5.56 Å². The highest BCUT2D eigenvalue weighted by atomic mass is 19.4. The molecule has 6 N–H and O–H groups in total. The molecule has 0 aliphatic heterocycles. The van der Waals surface area contributed by atoms with Crippen molar-refractivity contribution in [2.45, 2.75) is 70.4 Å². The lowest BCUT2D eigenvalue weighted by Gasteiger charge is -2.25. The Labute approximate surface area is 242 Å². The Bertz CT molecular complexity index is 1090. The maximum Gasteiger partial charge on any atom is 0.416 e. The van der Waals surface area contributed by atoms with Crippen LogP contribution in [0.15, 0.2) is 54.6 Å². The van der Waals surface area contributed by atoms with Crippen molar-refractivity contribution in [2.24, 2.45) is 0 Å². The lowest BCUT2D eigenvalue weighted by atomic mass is 9.96. The summed E-state index contributed by atoms with van der Waals surface area (Å²) in [7, 11) is 0. The van der Waals surface area contributed by atoms with Crippen LogP contribution in [0.25, 0.3) is 0 Å². The smallest absolute Gasteiger partial charge is 0.416 e. The molecule has 0 radical (unpaired) electrons. The topological polar surface area (TPSA) is 176 Å². The fourth-order valence-electron chi connectivity index (χ4n) is 4.01. The van der Waals surface area contributed by atoms with Crippen LogP contribution in [0.5, 0.6) is 0 Å². The first-order valence-electron chi connectivity index (χ1n) is 13.1. The predicted molar refractivity (Wildman–Crippen MR) is 148 cm³/mol. The molecule has 42 heavy (non-hydrogen) atoms. The second-order valence-corrected chi connectivity index (χ2v) is 9.51. The number of rotatable bonds is 15. The first kappa shape index (κ1) is 38.5. The molecule has 0 aliphatic rings. The zero-order valence-electron chi connectivity index (χ0n) is 23.8. The molecule has 2 aromatic rings. The third kappa shape index (κ3) is 13.4. The average Bonchev–Trinajstić information content (AvgIpc) is 2.89. The summed E-state index contributed by atoms with van der Waals surface area (Å²) in [4.78, 5) is 32.8. The van der Waals surface area contributed by atoms with Gasteiger partial charge in [0, 0.05) is 0 Å². The third-order valence-electron chi connectivity index (χ3n) is 6.25. The van der Waals surface area contributed by atoms with E-state index < -0.39 is 54.2 Å². The second kappa shape index (κ2) is 18.1. The average molecular weight is 604 g/mol. The van der Waals surface area contributed by atoms with E-state index in [1.165, 1.54) is 12.1 Å². The highest BCUT2D eigenvalue weighted by Crippen LogP contribution is 2.34. The number of carboxylic acid groups (broad SMARTS) is 3. The van der Waals surface area contributed by atoms with E-state index in [-0.39, 0.29) is 11.6 Å². The Hall–Kier alpha value is -3.52. The number of benzene rings is 2. The summed E-state index contributed by atoms with van der Waals surface area (Å²) in [6, 6.07) is 14.9. The van der Waals surface area contributed by atoms with E-state index in [1.54, 1.807) is 6.07 Å². The summed E-state index contributed by atoms with van der Waals surface area (Å²) in [5.74, 6) is -5.02. The summed E-state index contributed by atoms with van der Waals surface area (Å²) in [5.41, 5.74) is -2.00. The zero-order valence-corrected chi connectivity index (χ0v) is 23.8. The molecule has 0 saturated heterocycles. The quantitative estimate of drug-likeness (QED) is 0.232. The zero-order chi connectivity index (χ0) is 31.2. The van der Waals surface area contributed by atoms with Crippen molar-refractivity contribution in [3.05, 3.63) is 71.3 Å². The van der Waals surface area contributed by atoms with Gasteiger partial charge >= 0.3 is 24.1 Å². The first-order chi connectivity index (χ1) is 19.1. The summed E-state index contributed by atoms with van der Waals surface area (Å²) in [5, 5.41) is 33.8. The molecule has 236 valence electrons. The number of alkyl halides is 3. The molecule has 0 amide bonds. The highest BCUT2D eigenvalue weighted by Gasteiger charge is 2.40. The molecule has 0 saturated carbocycles. The van der Waals surface area contributed by atoms with Crippen LogP contribution in [0, 0.1) is 0 Å². The van der Waals surface area contributed by atoms with Crippen LogP contribution in [0.3, 0.4) is 0 Å². The van der Waals surface area contributed by atoms with Gasteiger partial charge < -0.3 is 35.5 Å². The number of nitrogens with zero attached hydrogens (tertiary/aromatic N) is 1. The fourth-order valence-corrected chi connectivity index (χ4v) is 4.01. The van der Waals surface area contributed by atoms with Gasteiger partial charge in [-0.3, -0.25) is 9.59 Å². The van der Waals surface area contributed by atoms with Gasteiger partial charge in [-0.15, -0.1) is 0 Å². The van der Waals surface area contributed by atoms with Gasteiger partial charge in [0.2, 0.25) is 0 Å². The highest BCUT2D eigenvalue weighted by molar-refractivity contribution is 5.88. The van der Waals surface area contributed by atoms with Crippen molar-refractivity contribution in [1.82, 2.24) is 4.90 Å². The summed E-state index contributed by atoms with van der Waals surface area (Å²) >= 11 is 0. The molecule has 2 atom stereocenters.